The van der Waals surface area contributed by atoms with Gasteiger partial charge in [-0.3, -0.25) is 4.72 Å². The first kappa shape index (κ1) is 14.6. The van der Waals surface area contributed by atoms with E-state index in [0.29, 0.717) is 11.3 Å². The number of benzene rings is 2. The quantitative estimate of drug-likeness (QED) is 0.861. The van der Waals surface area contributed by atoms with E-state index in [0.717, 1.165) is 10.0 Å². The van der Waals surface area contributed by atoms with Gasteiger partial charge in [0.15, 0.2) is 0 Å². The Morgan fingerprint density at radius 3 is 2.60 bits per heavy atom. The third-order valence-corrected chi connectivity index (χ3v) is 4.99. The fourth-order valence-electron chi connectivity index (χ4n) is 1.67. The van der Waals surface area contributed by atoms with Gasteiger partial charge in [-0.25, -0.2) is 8.42 Å². The Kier molecular flexibility index (Phi) is 4.17. The first-order chi connectivity index (χ1) is 9.42. The highest BCUT2D eigenvalue weighted by atomic mass is 79.9. The van der Waals surface area contributed by atoms with Gasteiger partial charge in [-0.05, 0) is 48.9 Å². The van der Waals surface area contributed by atoms with Crippen LogP contribution in [-0.4, -0.2) is 8.42 Å². The minimum Gasteiger partial charge on any atom is -0.280 e. The SMILES string of the molecule is C#Cc1cccc(NS(=O)(=O)c2ccc(Br)c(C)c2)c1. The second-order valence-corrected chi connectivity index (χ2v) is 6.78. The van der Waals surface area contributed by atoms with Crippen LogP contribution in [0.15, 0.2) is 51.8 Å². The van der Waals surface area contributed by atoms with Crippen molar-refractivity contribution in [1.29, 1.82) is 0 Å². The number of rotatable bonds is 3. The lowest BCUT2D eigenvalue weighted by molar-refractivity contribution is 0.601. The molecule has 5 heteroatoms. The maximum Gasteiger partial charge on any atom is 0.261 e. The van der Waals surface area contributed by atoms with E-state index < -0.39 is 10.0 Å². The van der Waals surface area contributed by atoms with Crippen LogP contribution in [-0.2, 0) is 10.0 Å². The van der Waals surface area contributed by atoms with E-state index in [1.54, 1.807) is 42.5 Å². The van der Waals surface area contributed by atoms with Gasteiger partial charge in [0.1, 0.15) is 0 Å². The molecular formula is C15H12BrNO2S. The summed E-state index contributed by atoms with van der Waals surface area (Å²) in [6, 6.07) is 11.6. The number of hydrogen-bond donors (Lipinski definition) is 1. The number of aryl methyl sites for hydroxylation is 1. The standard InChI is InChI=1S/C15H12BrNO2S/c1-3-12-5-4-6-13(10-12)17-20(18,19)14-7-8-15(16)11(2)9-14/h1,4-10,17H,2H3. The van der Waals surface area contributed by atoms with Crippen molar-refractivity contribution in [2.75, 3.05) is 4.72 Å². The van der Waals surface area contributed by atoms with E-state index in [4.69, 9.17) is 6.42 Å². The number of hydrogen-bond acceptors (Lipinski definition) is 2. The molecule has 0 heterocycles. The smallest absolute Gasteiger partial charge is 0.261 e. The van der Waals surface area contributed by atoms with E-state index in [1.165, 1.54) is 0 Å². The molecule has 0 aliphatic rings. The van der Waals surface area contributed by atoms with Crippen LogP contribution in [0.5, 0.6) is 0 Å². The highest BCUT2D eigenvalue weighted by molar-refractivity contribution is 9.10. The Morgan fingerprint density at radius 2 is 1.95 bits per heavy atom. The number of anilines is 1. The predicted octanol–water partition coefficient (Wildman–Crippen LogP) is 3.54. The number of nitrogens with one attached hydrogen (secondary N) is 1. The number of terminal acetylenes is 1. The molecule has 2 rings (SSSR count). The largest absolute Gasteiger partial charge is 0.280 e. The maximum absolute atomic E-state index is 12.3. The summed E-state index contributed by atoms with van der Waals surface area (Å²) < 4.78 is 28.0. The van der Waals surface area contributed by atoms with Crippen LogP contribution in [0.25, 0.3) is 0 Å². The van der Waals surface area contributed by atoms with Crippen LogP contribution in [0.3, 0.4) is 0 Å². The fraction of sp³-hybridized carbons (Fsp3) is 0.0667. The van der Waals surface area contributed by atoms with Crippen LogP contribution in [0.4, 0.5) is 5.69 Å². The monoisotopic (exact) mass is 349 g/mol. The average Bonchev–Trinajstić information content (AvgIpc) is 2.41. The summed E-state index contributed by atoms with van der Waals surface area (Å²) in [6.07, 6.45) is 5.30. The van der Waals surface area contributed by atoms with Crippen molar-refractivity contribution in [3.8, 4) is 12.3 Å². The van der Waals surface area contributed by atoms with Crippen LogP contribution >= 0.6 is 15.9 Å². The molecule has 2 aromatic carbocycles. The van der Waals surface area contributed by atoms with Crippen LogP contribution in [0, 0.1) is 19.3 Å². The van der Waals surface area contributed by atoms with E-state index >= 15 is 0 Å². The lowest BCUT2D eigenvalue weighted by Gasteiger charge is -2.09. The van der Waals surface area contributed by atoms with Gasteiger partial charge in [0, 0.05) is 10.0 Å². The zero-order chi connectivity index (χ0) is 14.8. The molecule has 0 aliphatic carbocycles. The van der Waals surface area contributed by atoms with E-state index in [1.807, 2.05) is 6.92 Å². The van der Waals surface area contributed by atoms with E-state index in [2.05, 4.69) is 26.6 Å². The molecule has 0 amide bonds. The molecule has 20 heavy (non-hydrogen) atoms. The molecule has 0 unspecified atom stereocenters. The molecule has 0 aliphatic heterocycles. The molecular weight excluding hydrogens is 338 g/mol. The van der Waals surface area contributed by atoms with E-state index in [9.17, 15) is 8.42 Å². The van der Waals surface area contributed by atoms with Crippen molar-refractivity contribution in [2.45, 2.75) is 11.8 Å². The minimum absolute atomic E-state index is 0.212. The molecule has 0 saturated carbocycles. The van der Waals surface area contributed by atoms with Crippen molar-refractivity contribution >= 4 is 31.6 Å². The molecule has 0 spiro atoms. The zero-order valence-corrected chi connectivity index (χ0v) is 13.1. The molecule has 102 valence electrons. The molecule has 0 aromatic heterocycles. The summed E-state index contributed by atoms with van der Waals surface area (Å²) in [7, 11) is -3.62. The topological polar surface area (TPSA) is 46.2 Å². The highest BCUT2D eigenvalue weighted by Gasteiger charge is 2.15. The van der Waals surface area contributed by atoms with Crippen molar-refractivity contribution in [3.63, 3.8) is 0 Å². The summed E-state index contributed by atoms with van der Waals surface area (Å²) in [6.45, 7) is 1.84. The Labute approximate surface area is 127 Å². The molecule has 0 bridgehead atoms. The molecule has 3 nitrogen and oxygen atoms in total. The first-order valence-electron chi connectivity index (χ1n) is 5.78. The summed E-state index contributed by atoms with van der Waals surface area (Å²) in [5.74, 6) is 2.47. The van der Waals surface area contributed by atoms with E-state index in [-0.39, 0.29) is 4.90 Å². The van der Waals surface area contributed by atoms with Gasteiger partial charge >= 0.3 is 0 Å². The second-order valence-electron chi connectivity index (χ2n) is 4.24. The second kappa shape index (κ2) is 5.70. The van der Waals surface area contributed by atoms with Gasteiger partial charge in [0.25, 0.3) is 10.0 Å². The Morgan fingerprint density at radius 1 is 1.20 bits per heavy atom. The van der Waals surface area contributed by atoms with Crippen LogP contribution in [0.1, 0.15) is 11.1 Å². The first-order valence-corrected chi connectivity index (χ1v) is 8.05. The Hall–Kier alpha value is -1.77. The van der Waals surface area contributed by atoms with Gasteiger partial charge in [-0.1, -0.05) is 27.9 Å². The molecule has 1 N–H and O–H groups in total. The normalized spacial score (nSPS) is 10.8. The van der Waals surface area contributed by atoms with Crippen molar-refractivity contribution in [1.82, 2.24) is 0 Å². The van der Waals surface area contributed by atoms with Crippen LogP contribution in [0.2, 0.25) is 0 Å². The fourth-order valence-corrected chi connectivity index (χ4v) is 3.05. The summed E-state index contributed by atoms with van der Waals surface area (Å²) in [4.78, 5) is 0.212. The van der Waals surface area contributed by atoms with Crippen LogP contribution < -0.4 is 4.72 Å². The minimum atomic E-state index is -3.62. The summed E-state index contributed by atoms with van der Waals surface area (Å²) >= 11 is 3.34. The molecule has 2 aromatic rings. The predicted molar refractivity (Wildman–Crippen MR) is 84.1 cm³/mol. The van der Waals surface area contributed by atoms with Gasteiger partial charge < -0.3 is 0 Å². The summed E-state index contributed by atoms with van der Waals surface area (Å²) in [5.41, 5.74) is 1.92. The third kappa shape index (κ3) is 3.21. The number of halogens is 1. The van der Waals surface area contributed by atoms with Gasteiger partial charge in [0.2, 0.25) is 0 Å². The Bertz CT molecular complexity index is 792. The maximum atomic E-state index is 12.3. The average molecular weight is 350 g/mol. The summed E-state index contributed by atoms with van der Waals surface area (Å²) in [5, 5.41) is 0. The van der Waals surface area contributed by atoms with Gasteiger partial charge in [-0.2, -0.15) is 0 Å². The lowest BCUT2D eigenvalue weighted by Crippen LogP contribution is -2.13. The third-order valence-electron chi connectivity index (χ3n) is 2.72. The molecule has 0 fully saturated rings. The molecule has 0 saturated heterocycles. The molecule has 0 radical (unpaired) electrons. The van der Waals surface area contributed by atoms with Crippen molar-refractivity contribution in [2.24, 2.45) is 0 Å². The lowest BCUT2D eigenvalue weighted by atomic mass is 10.2. The van der Waals surface area contributed by atoms with Crippen molar-refractivity contribution in [3.05, 3.63) is 58.1 Å². The van der Waals surface area contributed by atoms with Crippen molar-refractivity contribution < 1.29 is 8.42 Å². The highest BCUT2D eigenvalue weighted by Crippen LogP contribution is 2.22. The molecule has 0 atom stereocenters. The number of sulfonamides is 1. The van der Waals surface area contributed by atoms with Gasteiger partial charge in [0.05, 0.1) is 10.6 Å². The zero-order valence-electron chi connectivity index (χ0n) is 10.7. The van der Waals surface area contributed by atoms with Gasteiger partial charge in [-0.15, -0.1) is 6.42 Å². The Balaban J connectivity index is 2.35.